The maximum Gasteiger partial charge on any atom is 0.0210 e. The summed E-state index contributed by atoms with van der Waals surface area (Å²) in [5.74, 6) is 0. The number of hydrogen-bond donors (Lipinski definition) is 2. The van der Waals surface area contributed by atoms with E-state index < -0.39 is 0 Å². The summed E-state index contributed by atoms with van der Waals surface area (Å²) < 4.78 is 0. The zero-order chi connectivity index (χ0) is 18.0. The van der Waals surface area contributed by atoms with Crippen molar-refractivity contribution in [3.63, 3.8) is 0 Å². The van der Waals surface area contributed by atoms with E-state index >= 15 is 0 Å². The van der Waals surface area contributed by atoms with E-state index in [4.69, 9.17) is 0 Å². The van der Waals surface area contributed by atoms with E-state index in [9.17, 15) is 0 Å². The van der Waals surface area contributed by atoms with Crippen LogP contribution >= 0.6 is 0 Å². The van der Waals surface area contributed by atoms with Crippen molar-refractivity contribution in [2.24, 2.45) is 10.8 Å². The lowest BCUT2D eigenvalue weighted by molar-refractivity contribution is 0.199. The van der Waals surface area contributed by atoms with Crippen LogP contribution in [0.5, 0.6) is 0 Å². The first kappa shape index (κ1) is 20.2. The smallest absolute Gasteiger partial charge is 0.0210 e. The van der Waals surface area contributed by atoms with Gasteiger partial charge in [0, 0.05) is 44.3 Å². The van der Waals surface area contributed by atoms with E-state index in [2.05, 4.69) is 69.1 Å². The Balaban J connectivity index is 1.74. The van der Waals surface area contributed by atoms with Crippen molar-refractivity contribution in [1.29, 1.82) is 0 Å². The molecule has 2 N–H and O–H groups in total. The fourth-order valence-electron chi connectivity index (χ4n) is 4.15. The number of likely N-dealkylation sites (tertiary alicyclic amines) is 2. The first-order chi connectivity index (χ1) is 11.0. The summed E-state index contributed by atoms with van der Waals surface area (Å²) in [6.45, 7) is 17.7. The zero-order valence-corrected chi connectivity index (χ0v) is 17.3. The topological polar surface area (TPSA) is 30.5 Å². The Morgan fingerprint density at radius 1 is 0.917 bits per heavy atom. The Hall–Kier alpha value is -0.160. The average Bonchev–Trinajstić information content (AvgIpc) is 3.00. The van der Waals surface area contributed by atoms with Gasteiger partial charge in [-0.3, -0.25) is 0 Å². The van der Waals surface area contributed by atoms with Gasteiger partial charge in [-0.25, -0.2) is 0 Å². The molecule has 0 radical (unpaired) electrons. The number of rotatable bonds is 7. The molecule has 0 aromatic heterocycles. The minimum Gasteiger partial charge on any atom is -0.312 e. The van der Waals surface area contributed by atoms with Gasteiger partial charge in [-0.15, -0.1) is 0 Å². The molecule has 3 atom stereocenters. The van der Waals surface area contributed by atoms with Crippen molar-refractivity contribution in [3.05, 3.63) is 0 Å². The molecule has 2 rings (SSSR count). The first-order valence-electron chi connectivity index (χ1n) is 9.90. The van der Waals surface area contributed by atoms with Crippen molar-refractivity contribution in [2.45, 2.75) is 72.0 Å². The SMILES string of the molecule is CN1CC[C@H](NCC(C)(C)CC2CC(NCC(C)(C)C)CN2C)C1. The molecule has 2 aliphatic heterocycles. The van der Waals surface area contributed by atoms with Crippen LogP contribution in [0.4, 0.5) is 0 Å². The molecule has 2 unspecified atom stereocenters. The normalized spacial score (nSPS) is 30.4. The second-order valence-corrected chi connectivity index (χ2v) is 10.5. The Bertz CT molecular complexity index is 388. The highest BCUT2D eigenvalue weighted by Gasteiger charge is 2.34. The zero-order valence-electron chi connectivity index (χ0n) is 17.3. The van der Waals surface area contributed by atoms with Crippen LogP contribution in [-0.4, -0.2) is 74.7 Å². The third kappa shape index (κ3) is 6.62. The van der Waals surface area contributed by atoms with E-state index in [1.807, 2.05) is 0 Å². The van der Waals surface area contributed by atoms with Gasteiger partial charge >= 0.3 is 0 Å². The molecule has 4 nitrogen and oxygen atoms in total. The molecule has 0 bridgehead atoms. The average molecular weight is 339 g/mol. The molecule has 0 aliphatic carbocycles. The van der Waals surface area contributed by atoms with E-state index in [-0.39, 0.29) is 0 Å². The summed E-state index contributed by atoms with van der Waals surface area (Å²) in [6, 6.07) is 2.06. The van der Waals surface area contributed by atoms with E-state index in [0.717, 1.165) is 13.1 Å². The highest BCUT2D eigenvalue weighted by Crippen LogP contribution is 2.30. The van der Waals surface area contributed by atoms with Crippen LogP contribution in [0.2, 0.25) is 0 Å². The summed E-state index contributed by atoms with van der Waals surface area (Å²) in [5, 5.41) is 7.61. The second-order valence-electron chi connectivity index (χ2n) is 10.5. The van der Waals surface area contributed by atoms with Gasteiger partial charge in [-0.05, 0) is 50.7 Å². The van der Waals surface area contributed by atoms with Crippen LogP contribution in [-0.2, 0) is 0 Å². The molecule has 0 amide bonds. The third-order valence-corrected chi connectivity index (χ3v) is 5.66. The lowest BCUT2D eigenvalue weighted by Crippen LogP contribution is -2.41. The minimum absolute atomic E-state index is 0.360. The maximum absolute atomic E-state index is 3.82. The summed E-state index contributed by atoms with van der Waals surface area (Å²) in [5.41, 5.74) is 0.729. The molecular weight excluding hydrogens is 296 g/mol. The molecule has 0 aromatic carbocycles. The quantitative estimate of drug-likeness (QED) is 0.746. The van der Waals surface area contributed by atoms with Crippen molar-refractivity contribution in [3.8, 4) is 0 Å². The highest BCUT2D eigenvalue weighted by molar-refractivity contribution is 4.92. The van der Waals surface area contributed by atoms with Crippen molar-refractivity contribution in [1.82, 2.24) is 20.4 Å². The summed E-state index contributed by atoms with van der Waals surface area (Å²) in [4.78, 5) is 5.01. The predicted octanol–water partition coefficient (Wildman–Crippen LogP) is 2.40. The lowest BCUT2D eigenvalue weighted by Gasteiger charge is -2.32. The molecule has 2 aliphatic rings. The number of nitrogens with one attached hydrogen (secondary N) is 2. The monoisotopic (exact) mass is 338 g/mol. The molecule has 0 spiro atoms. The molecule has 0 aromatic rings. The van der Waals surface area contributed by atoms with Crippen LogP contribution in [0.1, 0.15) is 53.9 Å². The fourth-order valence-corrected chi connectivity index (χ4v) is 4.15. The van der Waals surface area contributed by atoms with Crippen LogP contribution in [0.3, 0.4) is 0 Å². The third-order valence-electron chi connectivity index (χ3n) is 5.66. The van der Waals surface area contributed by atoms with Gasteiger partial charge in [-0.1, -0.05) is 34.6 Å². The van der Waals surface area contributed by atoms with Crippen molar-refractivity contribution < 1.29 is 0 Å². The van der Waals surface area contributed by atoms with Crippen LogP contribution in [0.25, 0.3) is 0 Å². The maximum atomic E-state index is 3.82. The van der Waals surface area contributed by atoms with Crippen molar-refractivity contribution in [2.75, 3.05) is 46.8 Å². The van der Waals surface area contributed by atoms with E-state index in [0.29, 0.717) is 29.0 Å². The van der Waals surface area contributed by atoms with Gasteiger partial charge in [0.15, 0.2) is 0 Å². The Morgan fingerprint density at radius 2 is 1.58 bits per heavy atom. The molecule has 2 saturated heterocycles. The van der Waals surface area contributed by atoms with Gasteiger partial charge in [0.2, 0.25) is 0 Å². The van der Waals surface area contributed by atoms with E-state index in [1.165, 1.54) is 38.9 Å². The lowest BCUT2D eigenvalue weighted by atomic mass is 9.84. The van der Waals surface area contributed by atoms with Crippen molar-refractivity contribution >= 4 is 0 Å². The molecule has 2 heterocycles. The highest BCUT2D eigenvalue weighted by atomic mass is 15.2. The van der Waals surface area contributed by atoms with Crippen LogP contribution in [0.15, 0.2) is 0 Å². The molecule has 24 heavy (non-hydrogen) atoms. The summed E-state index contributed by atoms with van der Waals surface area (Å²) >= 11 is 0. The Morgan fingerprint density at radius 3 is 2.17 bits per heavy atom. The fraction of sp³-hybridized carbons (Fsp3) is 1.00. The molecule has 142 valence electrons. The number of likely N-dealkylation sites (N-methyl/N-ethyl adjacent to an activating group) is 2. The standard InChI is InChI=1S/C20H42N4/c1-19(2,3)14-21-17-10-18(24(7)13-17)11-20(4,5)15-22-16-8-9-23(6)12-16/h16-18,21-22H,8-15H2,1-7H3/t16-,17?,18?/m0/s1. The molecular formula is C20H42N4. The molecule has 2 fully saturated rings. The summed E-state index contributed by atoms with van der Waals surface area (Å²) in [7, 11) is 4.53. The largest absolute Gasteiger partial charge is 0.312 e. The van der Waals surface area contributed by atoms with Gasteiger partial charge in [0.1, 0.15) is 0 Å². The van der Waals surface area contributed by atoms with Gasteiger partial charge in [0.05, 0.1) is 0 Å². The van der Waals surface area contributed by atoms with Gasteiger partial charge in [0.25, 0.3) is 0 Å². The molecule has 0 saturated carbocycles. The summed E-state index contributed by atoms with van der Waals surface area (Å²) in [6.07, 6.45) is 3.88. The second kappa shape index (κ2) is 8.03. The molecule has 4 heteroatoms. The van der Waals surface area contributed by atoms with Gasteiger partial charge in [-0.2, -0.15) is 0 Å². The van der Waals surface area contributed by atoms with E-state index in [1.54, 1.807) is 0 Å². The number of hydrogen-bond acceptors (Lipinski definition) is 4. The van der Waals surface area contributed by atoms with Crippen LogP contribution in [0, 0.1) is 10.8 Å². The van der Waals surface area contributed by atoms with Crippen LogP contribution < -0.4 is 10.6 Å². The minimum atomic E-state index is 0.360. The first-order valence-corrected chi connectivity index (χ1v) is 9.90. The predicted molar refractivity (Wildman–Crippen MR) is 105 cm³/mol. The Labute approximate surface area is 150 Å². The number of nitrogens with zero attached hydrogens (tertiary/aromatic N) is 2. The Kier molecular flexibility index (Phi) is 6.74. The van der Waals surface area contributed by atoms with Gasteiger partial charge < -0.3 is 20.4 Å².